The maximum Gasteiger partial charge on any atom is 0.323 e. The molecule has 0 bridgehead atoms. The van der Waals surface area contributed by atoms with Crippen LogP contribution >= 0.6 is 0 Å². The Morgan fingerprint density at radius 2 is 2.18 bits per heavy atom. The van der Waals surface area contributed by atoms with Gasteiger partial charge in [-0.25, -0.2) is 0 Å². The van der Waals surface area contributed by atoms with Crippen molar-refractivity contribution >= 4 is 5.97 Å². The van der Waals surface area contributed by atoms with Crippen molar-refractivity contribution in [3.63, 3.8) is 0 Å². The Labute approximate surface area is 128 Å². The second-order valence-electron chi connectivity index (χ2n) is 5.44. The molecule has 1 aromatic carbocycles. The van der Waals surface area contributed by atoms with Gasteiger partial charge in [0.05, 0.1) is 18.9 Å². The average molecular weight is 301 g/mol. The summed E-state index contributed by atoms with van der Waals surface area (Å²) in [7, 11) is 1.88. The van der Waals surface area contributed by atoms with Crippen LogP contribution in [-0.2, 0) is 23.1 Å². The van der Waals surface area contributed by atoms with Crippen LogP contribution in [0, 0.1) is 0 Å². The summed E-state index contributed by atoms with van der Waals surface area (Å²) in [4.78, 5) is 13.3. The summed E-state index contributed by atoms with van der Waals surface area (Å²) in [6.07, 6.45) is 1.96. The standard InChI is InChI=1S/C16H19N3O3/c1-18-9-13(15(17-18)12-5-3-2-4-6-12)10-19-7-8-22-11-14(19)16(20)21/h2-6,9,14H,7-8,10-11H2,1H3,(H,20,21)/t14-/m1/s1. The number of hydrogen-bond acceptors (Lipinski definition) is 4. The van der Waals surface area contributed by atoms with E-state index < -0.39 is 12.0 Å². The summed E-state index contributed by atoms with van der Waals surface area (Å²) >= 11 is 0. The molecule has 0 radical (unpaired) electrons. The number of aryl methyl sites for hydroxylation is 1. The van der Waals surface area contributed by atoms with Gasteiger partial charge in [-0.3, -0.25) is 14.4 Å². The van der Waals surface area contributed by atoms with Gasteiger partial charge < -0.3 is 9.84 Å². The van der Waals surface area contributed by atoms with Gasteiger partial charge in [-0.2, -0.15) is 5.10 Å². The Bertz CT molecular complexity index is 654. The minimum Gasteiger partial charge on any atom is -0.480 e. The van der Waals surface area contributed by atoms with Gasteiger partial charge in [0, 0.05) is 37.5 Å². The molecule has 1 saturated heterocycles. The third-order valence-corrected chi connectivity index (χ3v) is 3.85. The quantitative estimate of drug-likeness (QED) is 0.924. The molecular weight excluding hydrogens is 282 g/mol. The first-order chi connectivity index (χ1) is 10.6. The van der Waals surface area contributed by atoms with Crippen LogP contribution < -0.4 is 0 Å². The van der Waals surface area contributed by atoms with Crippen molar-refractivity contribution in [3.8, 4) is 11.3 Å². The molecule has 1 aliphatic heterocycles. The summed E-state index contributed by atoms with van der Waals surface area (Å²) in [5, 5.41) is 13.9. The van der Waals surface area contributed by atoms with E-state index in [-0.39, 0.29) is 6.61 Å². The van der Waals surface area contributed by atoms with E-state index in [2.05, 4.69) is 5.10 Å². The summed E-state index contributed by atoms with van der Waals surface area (Å²) < 4.78 is 7.06. The van der Waals surface area contributed by atoms with E-state index >= 15 is 0 Å². The van der Waals surface area contributed by atoms with Gasteiger partial charge in [0.1, 0.15) is 6.04 Å². The summed E-state index contributed by atoms with van der Waals surface area (Å²) in [5.41, 5.74) is 2.97. The number of nitrogens with zero attached hydrogens (tertiary/aromatic N) is 3. The molecule has 1 fully saturated rings. The van der Waals surface area contributed by atoms with Gasteiger partial charge >= 0.3 is 5.97 Å². The lowest BCUT2D eigenvalue weighted by atomic mass is 10.1. The highest BCUT2D eigenvalue weighted by atomic mass is 16.5. The smallest absolute Gasteiger partial charge is 0.323 e. The van der Waals surface area contributed by atoms with Gasteiger partial charge in [0.25, 0.3) is 0 Å². The lowest BCUT2D eigenvalue weighted by molar-refractivity contribution is -0.150. The molecule has 0 aliphatic carbocycles. The predicted octanol–water partition coefficient (Wildman–Crippen LogP) is 1.37. The van der Waals surface area contributed by atoms with Crippen LogP contribution in [0.3, 0.4) is 0 Å². The number of morpholine rings is 1. The van der Waals surface area contributed by atoms with Crippen molar-refractivity contribution in [1.29, 1.82) is 0 Å². The number of aromatic nitrogens is 2. The number of aliphatic carboxylic acids is 1. The molecule has 1 atom stereocenters. The van der Waals surface area contributed by atoms with Gasteiger partial charge in [-0.1, -0.05) is 30.3 Å². The molecule has 1 aromatic heterocycles. The summed E-state index contributed by atoms with van der Waals surface area (Å²) in [6, 6.07) is 9.34. The van der Waals surface area contributed by atoms with Crippen LogP contribution in [0.15, 0.2) is 36.5 Å². The number of hydrogen-bond donors (Lipinski definition) is 1. The third kappa shape index (κ3) is 3.03. The highest BCUT2D eigenvalue weighted by Crippen LogP contribution is 2.24. The molecule has 0 amide bonds. The third-order valence-electron chi connectivity index (χ3n) is 3.85. The van der Waals surface area contributed by atoms with Gasteiger partial charge in [0.15, 0.2) is 0 Å². The zero-order chi connectivity index (χ0) is 15.5. The van der Waals surface area contributed by atoms with Crippen LogP contribution in [0.5, 0.6) is 0 Å². The highest BCUT2D eigenvalue weighted by Gasteiger charge is 2.30. The molecule has 0 spiro atoms. The van der Waals surface area contributed by atoms with Crippen molar-refractivity contribution in [2.75, 3.05) is 19.8 Å². The number of carboxylic acids is 1. The van der Waals surface area contributed by atoms with Crippen LogP contribution in [0.25, 0.3) is 11.3 Å². The fraction of sp³-hybridized carbons (Fsp3) is 0.375. The average Bonchev–Trinajstić information content (AvgIpc) is 2.89. The zero-order valence-electron chi connectivity index (χ0n) is 12.5. The molecule has 0 saturated carbocycles. The molecule has 22 heavy (non-hydrogen) atoms. The molecule has 2 aromatic rings. The van der Waals surface area contributed by atoms with Crippen molar-refractivity contribution in [3.05, 3.63) is 42.1 Å². The fourth-order valence-electron chi connectivity index (χ4n) is 2.77. The normalized spacial score (nSPS) is 19.2. The molecule has 6 nitrogen and oxygen atoms in total. The van der Waals surface area contributed by atoms with Gasteiger partial charge in [-0.05, 0) is 0 Å². The van der Waals surface area contributed by atoms with Gasteiger partial charge in [0.2, 0.25) is 0 Å². The van der Waals surface area contributed by atoms with E-state index in [0.717, 1.165) is 16.8 Å². The van der Waals surface area contributed by atoms with E-state index in [1.54, 1.807) is 4.68 Å². The summed E-state index contributed by atoms with van der Waals surface area (Å²) in [5.74, 6) is -0.843. The first kappa shape index (κ1) is 14.7. The molecule has 1 N–H and O–H groups in total. The molecule has 3 rings (SSSR count). The van der Waals surface area contributed by atoms with E-state index in [9.17, 15) is 9.90 Å². The van der Waals surface area contributed by atoms with E-state index in [1.807, 2.05) is 48.5 Å². The van der Waals surface area contributed by atoms with E-state index in [4.69, 9.17) is 4.74 Å². The number of benzene rings is 1. The second kappa shape index (κ2) is 6.29. The molecular formula is C16H19N3O3. The summed E-state index contributed by atoms with van der Waals surface area (Å²) in [6.45, 7) is 1.96. The van der Waals surface area contributed by atoms with Crippen molar-refractivity contribution in [2.45, 2.75) is 12.6 Å². The lowest BCUT2D eigenvalue weighted by Crippen LogP contribution is -2.49. The number of ether oxygens (including phenoxy) is 1. The number of carbonyl (C=O) groups is 1. The van der Waals surface area contributed by atoms with Crippen LogP contribution in [0.4, 0.5) is 0 Å². The molecule has 0 unspecified atom stereocenters. The van der Waals surface area contributed by atoms with Crippen LogP contribution in [0.2, 0.25) is 0 Å². The monoisotopic (exact) mass is 301 g/mol. The Morgan fingerprint density at radius 3 is 2.91 bits per heavy atom. The molecule has 116 valence electrons. The SMILES string of the molecule is Cn1cc(CN2CCOC[C@@H]2C(=O)O)c(-c2ccccc2)n1. The number of rotatable bonds is 4. The Kier molecular flexibility index (Phi) is 4.22. The van der Waals surface area contributed by atoms with Gasteiger partial charge in [-0.15, -0.1) is 0 Å². The fourth-order valence-corrected chi connectivity index (χ4v) is 2.77. The van der Waals surface area contributed by atoms with Crippen molar-refractivity contribution in [2.24, 2.45) is 7.05 Å². The minimum absolute atomic E-state index is 0.232. The van der Waals surface area contributed by atoms with E-state index in [1.165, 1.54) is 0 Å². The maximum absolute atomic E-state index is 11.4. The predicted molar refractivity (Wildman–Crippen MR) is 81.3 cm³/mol. The van der Waals surface area contributed by atoms with Crippen molar-refractivity contribution in [1.82, 2.24) is 14.7 Å². The Hall–Kier alpha value is -2.18. The lowest BCUT2D eigenvalue weighted by Gasteiger charge is -2.32. The molecule has 1 aliphatic rings. The zero-order valence-corrected chi connectivity index (χ0v) is 12.5. The van der Waals surface area contributed by atoms with Crippen LogP contribution in [-0.4, -0.2) is 51.6 Å². The number of carboxylic acid groups (broad SMARTS) is 1. The first-order valence-corrected chi connectivity index (χ1v) is 7.27. The Morgan fingerprint density at radius 1 is 1.41 bits per heavy atom. The topological polar surface area (TPSA) is 67.6 Å². The second-order valence-corrected chi connectivity index (χ2v) is 5.44. The van der Waals surface area contributed by atoms with Crippen LogP contribution in [0.1, 0.15) is 5.56 Å². The highest BCUT2D eigenvalue weighted by molar-refractivity contribution is 5.74. The molecule has 6 heteroatoms. The Balaban J connectivity index is 1.87. The molecule has 2 heterocycles. The first-order valence-electron chi connectivity index (χ1n) is 7.27. The largest absolute Gasteiger partial charge is 0.480 e. The minimum atomic E-state index is -0.843. The maximum atomic E-state index is 11.4. The van der Waals surface area contributed by atoms with E-state index in [0.29, 0.717) is 19.7 Å². The van der Waals surface area contributed by atoms with Crippen molar-refractivity contribution < 1.29 is 14.6 Å².